The third-order valence-electron chi connectivity index (χ3n) is 1.59. The lowest BCUT2D eigenvalue weighted by molar-refractivity contribution is -0.139. The second kappa shape index (κ2) is 4.37. The summed E-state index contributed by atoms with van der Waals surface area (Å²) in [6.45, 7) is 0. The molecule has 2 nitrogen and oxygen atoms in total. The SMILES string of the molecule is COC(=O)[C@@H](Br)c1ccccc1F. The number of ether oxygens (including phenoxy) is 1. The first-order valence-electron chi connectivity index (χ1n) is 3.63. The molecule has 0 saturated carbocycles. The van der Waals surface area contributed by atoms with Crippen LogP contribution in [0.25, 0.3) is 0 Å². The third-order valence-corrected chi connectivity index (χ3v) is 2.45. The van der Waals surface area contributed by atoms with E-state index >= 15 is 0 Å². The van der Waals surface area contributed by atoms with Gasteiger partial charge in [-0.1, -0.05) is 34.1 Å². The van der Waals surface area contributed by atoms with Crippen LogP contribution < -0.4 is 0 Å². The molecule has 0 unspecified atom stereocenters. The second-order valence-electron chi connectivity index (χ2n) is 2.41. The van der Waals surface area contributed by atoms with Crippen LogP contribution >= 0.6 is 15.9 Å². The minimum Gasteiger partial charge on any atom is -0.468 e. The van der Waals surface area contributed by atoms with Crippen LogP contribution in [0.3, 0.4) is 0 Å². The zero-order valence-electron chi connectivity index (χ0n) is 6.96. The van der Waals surface area contributed by atoms with Gasteiger partial charge in [-0.15, -0.1) is 0 Å². The molecule has 0 spiro atoms. The maximum Gasteiger partial charge on any atom is 0.324 e. The number of halogens is 2. The molecule has 1 rings (SSSR count). The fourth-order valence-corrected chi connectivity index (χ4v) is 1.47. The van der Waals surface area contributed by atoms with Gasteiger partial charge in [0.1, 0.15) is 10.6 Å². The molecule has 0 aliphatic carbocycles. The Kier molecular flexibility index (Phi) is 3.42. The second-order valence-corrected chi connectivity index (χ2v) is 3.32. The Labute approximate surface area is 83.8 Å². The third kappa shape index (κ3) is 2.28. The fourth-order valence-electron chi connectivity index (χ4n) is 0.911. The van der Waals surface area contributed by atoms with Crippen molar-refractivity contribution >= 4 is 21.9 Å². The van der Waals surface area contributed by atoms with Crippen molar-refractivity contribution in [3.8, 4) is 0 Å². The van der Waals surface area contributed by atoms with Crippen molar-refractivity contribution in [2.45, 2.75) is 4.83 Å². The zero-order valence-corrected chi connectivity index (χ0v) is 8.55. The summed E-state index contributed by atoms with van der Waals surface area (Å²) in [6.07, 6.45) is 0. The quantitative estimate of drug-likeness (QED) is 0.592. The number of alkyl halides is 1. The number of esters is 1. The van der Waals surface area contributed by atoms with E-state index in [0.717, 1.165) is 0 Å². The van der Waals surface area contributed by atoms with Crippen molar-refractivity contribution in [1.82, 2.24) is 0 Å². The monoisotopic (exact) mass is 246 g/mol. The molecule has 0 radical (unpaired) electrons. The van der Waals surface area contributed by atoms with Crippen molar-refractivity contribution in [3.05, 3.63) is 35.6 Å². The fraction of sp³-hybridized carbons (Fsp3) is 0.222. The minimum absolute atomic E-state index is 0.286. The summed E-state index contributed by atoms with van der Waals surface area (Å²) in [4.78, 5) is 10.3. The highest BCUT2D eigenvalue weighted by atomic mass is 79.9. The van der Waals surface area contributed by atoms with E-state index in [2.05, 4.69) is 20.7 Å². The Bertz CT molecular complexity index is 314. The summed E-state index contributed by atoms with van der Waals surface area (Å²) in [7, 11) is 1.26. The van der Waals surface area contributed by atoms with Crippen molar-refractivity contribution in [3.63, 3.8) is 0 Å². The van der Waals surface area contributed by atoms with Crippen LogP contribution in [0.15, 0.2) is 24.3 Å². The highest BCUT2D eigenvalue weighted by molar-refractivity contribution is 9.09. The van der Waals surface area contributed by atoms with Gasteiger partial charge in [-0.2, -0.15) is 0 Å². The molecule has 0 fully saturated rings. The van der Waals surface area contributed by atoms with E-state index < -0.39 is 16.6 Å². The van der Waals surface area contributed by atoms with Crippen LogP contribution in [0.5, 0.6) is 0 Å². The van der Waals surface area contributed by atoms with E-state index in [0.29, 0.717) is 0 Å². The summed E-state index contributed by atoms with van der Waals surface area (Å²) in [5.41, 5.74) is 0.286. The van der Waals surface area contributed by atoms with Gasteiger partial charge in [0.2, 0.25) is 0 Å². The number of rotatable bonds is 2. The Morgan fingerprint density at radius 2 is 2.15 bits per heavy atom. The van der Waals surface area contributed by atoms with Gasteiger partial charge in [0.05, 0.1) is 7.11 Å². The molecule has 0 saturated heterocycles. The van der Waals surface area contributed by atoms with Crippen LogP contribution in [-0.4, -0.2) is 13.1 Å². The Hall–Kier alpha value is -0.900. The van der Waals surface area contributed by atoms with E-state index in [4.69, 9.17) is 0 Å². The summed E-state index contributed by atoms with van der Waals surface area (Å²) < 4.78 is 17.6. The molecule has 70 valence electrons. The molecule has 0 aliphatic heterocycles. The van der Waals surface area contributed by atoms with Crippen LogP contribution in [0.1, 0.15) is 10.4 Å². The average molecular weight is 247 g/mol. The van der Waals surface area contributed by atoms with Crippen molar-refractivity contribution in [2.24, 2.45) is 0 Å². The van der Waals surface area contributed by atoms with E-state index in [1.165, 1.54) is 19.2 Å². The zero-order chi connectivity index (χ0) is 9.84. The molecule has 0 aliphatic rings. The molecule has 0 heterocycles. The summed E-state index contributed by atoms with van der Waals surface area (Å²) >= 11 is 3.05. The molecule has 4 heteroatoms. The molecular formula is C9H8BrFO2. The van der Waals surface area contributed by atoms with Crippen molar-refractivity contribution in [1.29, 1.82) is 0 Å². The van der Waals surface area contributed by atoms with E-state index in [9.17, 15) is 9.18 Å². The predicted octanol–water partition coefficient (Wildman–Crippen LogP) is 2.43. The first-order valence-corrected chi connectivity index (χ1v) is 4.54. The maximum absolute atomic E-state index is 13.1. The standard InChI is InChI=1S/C9H8BrFO2/c1-13-9(12)8(10)6-4-2-3-5-7(6)11/h2-5,8H,1H3/t8-/m0/s1. The number of hydrogen-bond donors (Lipinski definition) is 0. The summed E-state index contributed by atoms with van der Waals surface area (Å²) in [5.74, 6) is -0.931. The minimum atomic E-state index is -0.737. The van der Waals surface area contributed by atoms with Gasteiger partial charge in [-0.25, -0.2) is 4.39 Å². The highest BCUT2D eigenvalue weighted by Gasteiger charge is 2.20. The molecular weight excluding hydrogens is 239 g/mol. The molecule has 0 bridgehead atoms. The number of methoxy groups -OCH3 is 1. The smallest absolute Gasteiger partial charge is 0.324 e. The van der Waals surface area contributed by atoms with Crippen LogP contribution in [0.4, 0.5) is 4.39 Å². The van der Waals surface area contributed by atoms with E-state index in [1.807, 2.05) is 0 Å². The summed E-state index contributed by atoms with van der Waals surface area (Å²) in [6, 6.07) is 6.06. The van der Waals surface area contributed by atoms with Gasteiger partial charge >= 0.3 is 5.97 Å². The van der Waals surface area contributed by atoms with Gasteiger partial charge in [0.25, 0.3) is 0 Å². The van der Waals surface area contributed by atoms with Gasteiger partial charge in [-0.3, -0.25) is 4.79 Å². The molecule has 0 amide bonds. The van der Waals surface area contributed by atoms with Crippen LogP contribution in [0, 0.1) is 5.82 Å². The van der Waals surface area contributed by atoms with Gasteiger partial charge < -0.3 is 4.74 Å². The van der Waals surface area contributed by atoms with Crippen LogP contribution in [0.2, 0.25) is 0 Å². The molecule has 1 aromatic carbocycles. The largest absolute Gasteiger partial charge is 0.468 e. The molecule has 0 aromatic heterocycles. The van der Waals surface area contributed by atoms with Gasteiger partial charge in [0, 0.05) is 5.56 Å². The Morgan fingerprint density at radius 1 is 1.54 bits per heavy atom. The number of benzene rings is 1. The lowest BCUT2D eigenvalue weighted by Gasteiger charge is -2.07. The molecule has 1 aromatic rings. The lowest BCUT2D eigenvalue weighted by Crippen LogP contribution is -2.09. The predicted molar refractivity (Wildman–Crippen MR) is 50.1 cm³/mol. The Morgan fingerprint density at radius 3 is 2.69 bits per heavy atom. The molecule has 1 atom stereocenters. The highest BCUT2D eigenvalue weighted by Crippen LogP contribution is 2.25. The number of carbonyl (C=O) groups excluding carboxylic acids is 1. The van der Waals surface area contributed by atoms with Crippen molar-refractivity contribution < 1.29 is 13.9 Å². The summed E-state index contributed by atoms with van der Waals surface area (Å²) in [5, 5.41) is 0. The van der Waals surface area contributed by atoms with E-state index in [1.54, 1.807) is 12.1 Å². The van der Waals surface area contributed by atoms with Gasteiger partial charge in [-0.05, 0) is 6.07 Å². The number of hydrogen-bond acceptors (Lipinski definition) is 2. The normalized spacial score (nSPS) is 12.2. The average Bonchev–Trinajstić information content (AvgIpc) is 2.16. The molecule has 13 heavy (non-hydrogen) atoms. The lowest BCUT2D eigenvalue weighted by atomic mass is 10.1. The van der Waals surface area contributed by atoms with E-state index in [-0.39, 0.29) is 5.56 Å². The first-order chi connectivity index (χ1) is 6.16. The molecule has 0 N–H and O–H groups in total. The van der Waals surface area contributed by atoms with Gasteiger partial charge in [0.15, 0.2) is 0 Å². The maximum atomic E-state index is 13.1. The van der Waals surface area contributed by atoms with Crippen LogP contribution in [-0.2, 0) is 9.53 Å². The Balaban J connectivity index is 2.95. The topological polar surface area (TPSA) is 26.3 Å². The number of carbonyl (C=O) groups is 1. The van der Waals surface area contributed by atoms with Crippen molar-refractivity contribution in [2.75, 3.05) is 7.11 Å². The first kappa shape index (κ1) is 10.2.